The number of phosphoric ester groups is 2. The Hall–Kier alpha value is -2.46. The number of phosphoric acid groups is 2. The number of hydrogen-bond donors (Lipinski definition) is 3. The summed E-state index contributed by atoms with van der Waals surface area (Å²) in [6, 6.07) is 0. The van der Waals surface area contributed by atoms with Gasteiger partial charge < -0.3 is 33.8 Å². The third-order valence-electron chi connectivity index (χ3n) is 15.3. The van der Waals surface area contributed by atoms with Crippen molar-refractivity contribution in [1.29, 1.82) is 0 Å². The molecule has 0 rings (SSSR count). The second-order valence-corrected chi connectivity index (χ2v) is 28.1. The van der Waals surface area contributed by atoms with Crippen molar-refractivity contribution in [2.45, 2.75) is 342 Å². The minimum absolute atomic E-state index is 0.0845. The fraction of sp³-hybridized carbons (Fsp3) is 0.884. The van der Waals surface area contributed by atoms with Gasteiger partial charge in [0.2, 0.25) is 0 Å². The molecule has 0 aromatic carbocycles. The number of allylic oxidation sites excluding steroid dienone is 4. The van der Waals surface area contributed by atoms with Gasteiger partial charge in [0.1, 0.15) is 19.3 Å². The minimum atomic E-state index is -4.96. The van der Waals surface area contributed by atoms with Gasteiger partial charge >= 0.3 is 39.5 Å². The highest BCUT2D eigenvalue weighted by Crippen LogP contribution is 2.45. The van der Waals surface area contributed by atoms with Gasteiger partial charge in [-0.2, -0.15) is 0 Å². The van der Waals surface area contributed by atoms with Gasteiger partial charge in [-0.3, -0.25) is 37.3 Å². The number of aliphatic hydroxyl groups is 1. The van der Waals surface area contributed by atoms with Crippen LogP contribution in [0.5, 0.6) is 0 Å². The summed E-state index contributed by atoms with van der Waals surface area (Å²) in [6.45, 7) is 9.37. The normalized spacial score (nSPS) is 14.4. The zero-order valence-corrected chi connectivity index (χ0v) is 58.3. The molecule has 518 valence electrons. The average molecular weight is 1290 g/mol. The number of unbranched alkanes of at least 4 members (excludes halogenated alkanes) is 33. The van der Waals surface area contributed by atoms with E-state index in [0.717, 1.165) is 115 Å². The van der Waals surface area contributed by atoms with Crippen LogP contribution in [0.2, 0.25) is 0 Å². The second-order valence-electron chi connectivity index (χ2n) is 25.2. The summed E-state index contributed by atoms with van der Waals surface area (Å²) in [5, 5.41) is 10.6. The summed E-state index contributed by atoms with van der Waals surface area (Å²) >= 11 is 0. The molecule has 0 bridgehead atoms. The van der Waals surface area contributed by atoms with Gasteiger partial charge in [0, 0.05) is 25.7 Å². The van der Waals surface area contributed by atoms with Crippen LogP contribution in [0.4, 0.5) is 0 Å². The van der Waals surface area contributed by atoms with Crippen molar-refractivity contribution < 1.29 is 80.2 Å². The number of carbonyl (C=O) groups excluding carboxylic acids is 4. The number of esters is 4. The van der Waals surface area contributed by atoms with Crippen molar-refractivity contribution >= 4 is 39.5 Å². The maximum Gasteiger partial charge on any atom is 0.472 e. The molecule has 17 nitrogen and oxygen atoms in total. The fourth-order valence-electron chi connectivity index (χ4n) is 9.87. The molecule has 0 aromatic rings. The van der Waals surface area contributed by atoms with Crippen molar-refractivity contribution in [2.24, 2.45) is 11.8 Å². The van der Waals surface area contributed by atoms with E-state index < -0.39 is 97.5 Å². The SMILES string of the molecule is CCCCCC/C=C\C=C/CCCCCCCC(=O)O[C@H](COC(=O)CCCCCCCCCCCCC(C)C)COP(=O)(O)OC[C@@H](O)COP(=O)(O)OC[C@@H](COC(=O)CCCCCCCCC(C)C)OC(=O)CCCCCCCCCCCCC. The molecule has 0 radical (unpaired) electrons. The molecule has 0 saturated heterocycles. The van der Waals surface area contributed by atoms with E-state index in [1.165, 1.54) is 122 Å². The standard InChI is InChI=1S/C69H130O17P2/c1-7-9-11-13-15-17-19-20-21-22-24-30-34-42-48-54-69(74)85-64(57-79-66(71)51-45-39-32-28-26-25-27-31-37-43-49-61(3)4)59-83-87(75,76)81-55-63(70)56-82-88(77,78)84-60-65(58-80-67(72)52-46-40-36-35-38-44-50-62(5)6)86-68(73)53-47-41-33-29-23-18-16-14-12-10-8-2/h17,19-21,61-65,70H,7-16,18,22-60H2,1-6H3,(H,75,76)(H,77,78)/b19-17-,21-20-/t63-,64-,65-/m1/s1. The van der Waals surface area contributed by atoms with Crippen LogP contribution in [0.3, 0.4) is 0 Å². The number of carbonyl (C=O) groups is 4. The molecule has 2 unspecified atom stereocenters. The lowest BCUT2D eigenvalue weighted by Crippen LogP contribution is -2.30. The van der Waals surface area contributed by atoms with Crippen LogP contribution in [0.15, 0.2) is 24.3 Å². The van der Waals surface area contributed by atoms with E-state index in [-0.39, 0.29) is 25.7 Å². The van der Waals surface area contributed by atoms with Gasteiger partial charge in [0.25, 0.3) is 0 Å². The molecule has 5 atom stereocenters. The van der Waals surface area contributed by atoms with E-state index in [1.807, 2.05) is 0 Å². The third kappa shape index (κ3) is 62.4. The Balaban J connectivity index is 5.28. The van der Waals surface area contributed by atoms with E-state index in [1.54, 1.807) is 0 Å². The Kier molecular flexibility index (Phi) is 59.1. The van der Waals surface area contributed by atoms with E-state index in [2.05, 4.69) is 65.8 Å². The van der Waals surface area contributed by atoms with Crippen LogP contribution in [0.25, 0.3) is 0 Å². The van der Waals surface area contributed by atoms with Gasteiger partial charge in [-0.25, -0.2) is 9.13 Å². The van der Waals surface area contributed by atoms with E-state index in [0.29, 0.717) is 31.6 Å². The van der Waals surface area contributed by atoms with Gasteiger partial charge in [0.05, 0.1) is 26.4 Å². The van der Waals surface area contributed by atoms with Crippen molar-refractivity contribution in [1.82, 2.24) is 0 Å². The molecule has 3 N–H and O–H groups in total. The summed E-state index contributed by atoms with van der Waals surface area (Å²) < 4.78 is 68.1. The molecule has 0 aromatic heterocycles. The molecule has 0 fully saturated rings. The topological polar surface area (TPSA) is 237 Å². The molecule has 0 saturated carbocycles. The smallest absolute Gasteiger partial charge is 0.462 e. The molecule has 0 aliphatic carbocycles. The van der Waals surface area contributed by atoms with Crippen LogP contribution >= 0.6 is 15.6 Å². The fourth-order valence-corrected chi connectivity index (χ4v) is 11.5. The molecule has 19 heteroatoms. The zero-order valence-electron chi connectivity index (χ0n) is 56.5. The third-order valence-corrected chi connectivity index (χ3v) is 17.2. The lowest BCUT2D eigenvalue weighted by molar-refractivity contribution is -0.161. The first-order chi connectivity index (χ1) is 42.4. The van der Waals surface area contributed by atoms with Crippen molar-refractivity contribution in [3.63, 3.8) is 0 Å². The lowest BCUT2D eigenvalue weighted by Gasteiger charge is -2.21. The van der Waals surface area contributed by atoms with Gasteiger partial charge in [-0.05, 0) is 63.2 Å². The molecule has 0 heterocycles. The first-order valence-corrected chi connectivity index (χ1v) is 38.3. The molecule has 0 aliphatic rings. The summed E-state index contributed by atoms with van der Waals surface area (Å²) in [4.78, 5) is 72.4. The summed E-state index contributed by atoms with van der Waals surface area (Å²) in [7, 11) is -9.91. The Morgan fingerprint density at radius 1 is 0.352 bits per heavy atom. The molecule has 0 amide bonds. The highest BCUT2D eigenvalue weighted by Gasteiger charge is 2.30. The summed E-state index contributed by atoms with van der Waals surface area (Å²) in [5.74, 6) is -0.724. The largest absolute Gasteiger partial charge is 0.472 e. The number of aliphatic hydroxyl groups excluding tert-OH is 1. The lowest BCUT2D eigenvalue weighted by atomic mass is 10.0. The Morgan fingerprint density at radius 2 is 0.614 bits per heavy atom. The van der Waals surface area contributed by atoms with Gasteiger partial charge in [0.15, 0.2) is 12.2 Å². The van der Waals surface area contributed by atoms with Crippen LogP contribution in [-0.2, 0) is 65.4 Å². The zero-order chi connectivity index (χ0) is 65.0. The van der Waals surface area contributed by atoms with E-state index >= 15 is 0 Å². The first kappa shape index (κ1) is 85.5. The van der Waals surface area contributed by atoms with Crippen LogP contribution < -0.4 is 0 Å². The Bertz CT molecular complexity index is 1810. The molecular weight excluding hydrogens is 1160 g/mol. The highest BCUT2D eigenvalue weighted by atomic mass is 31.2. The van der Waals surface area contributed by atoms with Gasteiger partial charge in [-0.1, -0.05) is 271 Å². The Morgan fingerprint density at radius 3 is 0.932 bits per heavy atom. The van der Waals surface area contributed by atoms with E-state index in [9.17, 15) is 43.2 Å². The molecule has 0 aliphatic heterocycles. The van der Waals surface area contributed by atoms with Crippen LogP contribution in [-0.4, -0.2) is 96.7 Å². The summed E-state index contributed by atoms with van der Waals surface area (Å²) in [6.07, 6.45) is 48.1. The molecule has 88 heavy (non-hydrogen) atoms. The Labute approximate surface area is 535 Å². The number of ether oxygens (including phenoxy) is 4. The van der Waals surface area contributed by atoms with Crippen LogP contribution in [0.1, 0.15) is 324 Å². The minimum Gasteiger partial charge on any atom is -0.462 e. The predicted octanol–water partition coefficient (Wildman–Crippen LogP) is 19.2. The highest BCUT2D eigenvalue weighted by molar-refractivity contribution is 7.47. The van der Waals surface area contributed by atoms with Gasteiger partial charge in [-0.15, -0.1) is 0 Å². The monoisotopic (exact) mass is 1290 g/mol. The van der Waals surface area contributed by atoms with Crippen LogP contribution in [0, 0.1) is 11.8 Å². The molecule has 0 spiro atoms. The quantitative estimate of drug-likeness (QED) is 0.0169. The number of rotatable bonds is 66. The maximum atomic E-state index is 13.0. The average Bonchev–Trinajstić information content (AvgIpc) is 3.64. The second kappa shape index (κ2) is 60.8. The van der Waals surface area contributed by atoms with Crippen molar-refractivity contribution in [3.05, 3.63) is 24.3 Å². The maximum absolute atomic E-state index is 13.0. The van der Waals surface area contributed by atoms with E-state index in [4.69, 9.17) is 37.0 Å². The summed E-state index contributed by atoms with van der Waals surface area (Å²) in [5.41, 5.74) is 0. The van der Waals surface area contributed by atoms with Crippen molar-refractivity contribution in [2.75, 3.05) is 39.6 Å². The van der Waals surface area contributed by atoms with Crippen molar-refractivity contribution in [3.8, 4) is 0 Å². The number of hydrogen-bond acceptors (Lipinski definition) is 15. The first-order valence-electron chi connectivity index (χ1n) is 35.3. The predicted molar refractivity (Wildman–Crippen MR) is 354 cm³/mol. The molecular formula is C69H130O17P2.